The molecule has 0 atom stereocenters. The first-order chi connectivity index (χ1) is 6.72. The van der Waals surface area contributed by atoms with Crippen molar-refractivity contribution in [3.05, 3.63) is 0 Å². The summed E-state index contributed by atoms with van der Waals surface area (Å²) in [5.74, 6) is 0.674. The molecule has 8 nitrogen and oxygen atoms in total. The summed E-state index contributed by atoms with van der Waals surface area (Å²) in [5, 5.41) is 14.1. The number of rotatable bonds is 4. The SMILES string of the molecule is CNC(=O)NCCNc1n[nH]c(N)n1. The molecule has 0 saturated heterocycles. The predicted octanol–water partition coefficient (Wildman–Crippen LogP) is -1.27. The lowest BCUT2D eigenvalue weighted by Crippen LogP contribution is -2.35. The number of amides is 2. The largest absolute Gasteiger partial charge is 0.368 e. The highest BCUT2D eigenvalue weighted by molar-refractivity contribution is 5.73. The highest BCUT2D eigenvalue weighted by atomic mass is 16.2. The normalized spacial score (nSPS) is 9.50. The van der Waals surface area contributed by atoms with Crippen LogP contribution in [0.5, 0.6) is 0 Å². The van der Waals surface area contributed by atoms with Gasteiger partial charge in [-0.2, -0.15) is 4.98 Å². The predicted molar refractivity (Wildman–Crippen MR) is 51.7 cm³/mol. The van der Waals surface area contributed by atoms with Gasteiger partial charge in [-0.15, -0.1) is 5.10 Å². The molecule has 0 saturated carbocycles. The molecule has 0 bridgehead atoms. The Balaban J connectivity index is 2.13. The van der Waals surface area contributed by atoms with Gasteiger partial charge in [-0.05, 0) is 0 Å². The molecule has 1 heterocycles. The molecule has 1 aromatic heterocycles. The number of nitrogens with one attached hydrogen (secondary N) is 4. The van der Waals surface area contributed by atoms with Crippen LogP contribution >= 0.6 is 0 Å². The second kappa shape index (κ2) is 4.90. The Morgan fingerprint density at radius 3 is 2.93 bits per heavy atom. The van der Waals surface area contributed by atoms with Gasteiger partial charge in [0, 0.05) is 20.1 Å². The van der Waals surface area contributed by atoms with Crippen molar-refractivity contribution in [3.63, 3.8) is 0 Å². The summed E-state index contributed by atoms with van der Waals surface area (Å²) in [6.45, 7) is 1.01. The first-order valence-corrected chi connectivity index (χ1v) is 4.09. The smallest absolute Gasteiger partial charge is 0.314 e. The molecule has 0 aliphatic rings. The zero-order valence-electron chi connectivity index (χ0n) is 7.79. The minimum Gasteiger partial charge on any atom is -0.368 e. The summed E-state index contributed by atoms with van der Waals surface area (Å²) >= 11 is 0. The average Bonchev–Trinajstić information content (AvgIpc) is 2.58. The number of nitrogens with two attached hydrogens (primary N) is 1. The van der Waals surface area contributed by atoms with E-state index < -0.39 is 0 Å². The quantitative estimate of drug-likeness (QED) is 0.387. The molecule has 8 heteroatoms. The van der Waals surface area contributed by atoms with Crippen LogP contribution in [0.3, 0.4) is 0 Å². The molecule has 1 rings (SSSR count). The summed E-state index contributed by atoms with van der Waals surface area (Å²) in [6.07, 6.45) is 0. The number of hydrogen-bond donors (Lipinski definition) is 5. The minimum absolute atomic E-state index is 0.221. The van der Waals surface area contributed by atoms with Gasteiger partial charge in [0.2, 0.25) is 11.9 Å². The molecule has 0 unspecified atom stereocenters. The fourth-order valence-electron chi connectivity index (χ4n) is 0.792. The van der Waals surface area contributed by atoms with Gasteiger partial charge in [0.25, 0.3) is 0 Å². The van der Waals surface area contributed by atoms with E-state index in [1.54, 1.807) is 7.05 Å². The second-order valence-corrected chi connectivity index (χ2v) is 2.48. The van der Waals surface area contributed by atoms with Gasteiger partial charge in [-0.3, -0.25) is 0 Å². The zero-order chi connectivity index (χ0) is 10.4. The first-order valence-electron chi connectivity index (χ1n) is 4.09. The molecule has 0 fully saturated rings. The lowest BCUT2D eigenvalue weighted by atomic mass is 10.6. The maximum atomic E-state index is 10.7. The van der Waals surface area contributed by atoms with Crippen molar-refractivity contribution >= 4 is 17.9 Å². The fourth-order valence-corrected chi connectivity index (χ4v) is 0.792. The molecule has 0 aliphatic carbocycles. The van der Waals surface area contributed by atoms with Crippen LogP contribution in [0.2, 0.25) is 0 Å². The summed E-state index contributed by atoms with van der Waals surface area (Å²) in [6, 6.07) is -0.221. The number of hydrogen-bond acceptors (Lipinski definition) is 5. The van der Waals surface area contributed by atoms with E-state index in [1.807, 2.05) is 0 Å². The van der Waals surface area contributed by atoms with Gasteiger partial charge in [-0.1, -0.05) is 0 Å². The molecule has 0 aromatic carbocycles. The van der Waals surface area contributed by atoms with Crippen molar-refractivity contribution in [2.24, 2.45) is 0 Å². The van der Waals surface area contributed by atoms with Crippen LogP contribution in [-0.2, 0) is 0 Å². The Labute approximate surface area is 80.7 Å². The average molecular weight is 199 g/mol. The number of H-pyrrole nitrogens is 1. The highest BCUT2D eigenvalue weighted by Crippen LogP contribution is 1.96. The number of nitrogens with zero attached hydrogens (tertiary/aromatic N) is 2. The van der Waals surface area contributed by atoms with E-state index in [4.69, 9.17) is 5.73 Å². The monoisotopic (exact) mass is 199 g/mol. The fraction of sp³-hybridized carbons (Fsp3) is 0.500. The molecule has 6 N–H and O–H groups in total. The van der Waals surface area contributed by atoms with Crippen molar-refractivity contribution in [1.82, 2.24) is 25.8 Å². The van der Waals surface area contributed by atoms with Crippen LogP contribution in [0, 0.1) is 0 Å². The third kappa shape index (κ3) is 3.17. The summed E-state index contributed by atoms with van der Waals surface area (Å²) in [5.41, 5.74) is 5.30. The Bertz CT molecular complexity index is 296. The standard InChI is InChI=1S/C6H13N7O/c1-8-6(14)10-3-2-9-5-11-4(7)12-13-5/h2-3H2,1H3,(H2,8,10,14)(H4,7,9,11,12,13). The molecule has 1 aromatic rings. The van der Waals surface area contributed by atoms with E-state index in [0.29, 0.717) is 19.0 Å². The number of carbonyl (C=O) groups is 1. The number of anilines is 2. The third-order valence-electron chi connectivity index (χ3n) is 1.42. The zero-order valence-corrected chi connectivity index (χ0v) is 7.79. The van der Waals surface area contributed by atoms with Gasteiger partial charge in [0.05, 0.1) is 0 Å². The highest BCUT2D eigenvalue weighted by Gasteiger charge is 1.98. The molecule has 0 aliphatic heterocycles. The number of aromatic nitrogens is 3. The number of urea groups is 1. The summed E-state index contributed by atoms with van der Waals surface area (Å²) < 4.78 is 0. The van der Waals surface area contributed by atoms with Crippen LogP contribution < -0.4 is 21.7 Å². The lowest BCUT2D eigenvalue weighted by molar-refractivity contribution is 0.243. The van der Waals surface area contributed by atoms with E-state index >= 15 is 0 Å². The lowest BCUT2D eigenvalue weighted by Gasteiger charge is -2.03. The van der Waals surface area contributed by atoms with E-state index in [0.717, 1.165) is 0 Å². The van der Waals surface area contributed by atoms with Crippen LogP contribution in [0.1, 0.15) is 0 Å². The molecule has 2 amide bonds. The maximum absolute atomic E-state index is 10.7. The number of aromatic amines is 1. The molecule has 0 radical (unpaired) electrons. The van der Waals surface area contributed by atoms with Gasteiger partial charge >= 0.3 is 6.03 Å². The Kier molecular flexibility index (Phi) is 3.53. The van der Waals surface area contributed by atoms with Crippen LogP contribution in [0.25, 0.3) is 0 Å². The van der Waals surface area contributed by atoms with Crippen molar-refractivity contribution in [2.75, 3.05) is 31.2 Å². The van der Waals surface area contributed by atoms with E-state index in [-0.39, 0.29) is 12.0 Å². The van der Waals surface area contributed by atoms with Crippen molar-refractivity contribution in [1.29, 1.82) is 0 Å². The Hall–Kier alpha value is -1.99. The number of nitrogen functional groups attached to an aromatic ring is 1. The molecular weight excluding hydrogens is 186 g/mol. The Morgan fingerprint density at radius 1 is 1.57 bits per heavy atom. The number of carbonyl (C=O) groups excluding carboxylic acids is 1. The van der Waals surface area contributed by atoms with E-state index in [1.165, 1.54) is 0 Å². The van der Waals surface area contributed by atoms with E-state index in [2.05, 4.69) is 31.1 Å². The van der Waals surface area contributed by atoms with Crippen molar-refractivity contribution in [2.45, 2.75) is 0 Å². The van der Waals surface area contributed by atoms with Crippen molar-refractivity contribution < 1.29 is 4.79 Å². The second-order valence-electron chi connectivity index (χ2n) is 2.48. The van der Waals surface area contributed by atoms with Crippen LogP contribution in [0.4, 0.5) is 16.7 Å². The van der Waals surface area contributed by atoms with Gasteiger partial charge in [0.15, 0.2) is 0 Å². The van der Waals surface area contributed by atoms with E-state index in [9.17, 15) is 4.79 Å². The third-order valence-corrected chi connectivity index (χ3v) is 1.42. The van der Waals surface area contributed by atoms with Gasteiger partial charge in [0.1, 0.15) is 0 Å². The van der Waals surface area contributed by atoms with Crippen molar-refractivity contribution in [3.8, 4) is 0 Å². The summed E-state index contributed by atoms with van der Waals surface area (Å²) in [4.78, 5) is 14.5. The van der Waals surface area contributed by atoms with Crippen LogP contribution in [-0.4, -0.2) is 41.3 Å². The molecule has 14 heavy (non-hydrogen) atoms. The molecular formula is C6H13N7O. The summed E-state index contributed by atoms with van der Waals surface area (Å²) in [7, 11) is 1.55. The van der Waals surface area contributed by atoms with Gasteiger partial charge < -0.3 is 21.7 Å². The van der Waals surface area contributed by atoms with Gasteiger partial charge in [-0.25, -0.2) is 9.89 Å². The molecule has 0 spiro atoms. The Morgan fingerprint density at radius 2 is 2.36 bits per heavy atom. The maximum Gasteiger partial charge on any atom is 0.314 e. The molecule has 78 valence electrons. The topological polar surface area (TPSA) is 121 Å². The minimum atomic E-state index is -0.221. The van der Waals surface area contributed by atoms with Crippen LogP contribution in [0.15, 0.2) is 0 Å². The first kappa shape index (κ1) is 10.1.